The topological polar surface area (TPSA) is 64.8 Å². The molecule has 2 aliphatic carbocycles. The van der Waals surface area contributed by atoms with Crippen LogP contribution in [0.2, 0.25) is 0 Å². The first-order valence-electron chi connectivity index (χ1n) is 18.9. The van der Waals surface area contributed by atoms with Gasteiger partial charge in [0.2, 0.25) is 11.4 Å². The smallest absolute Gasteiger partial charge is 0.208 e. The van der Waals surface area contributed by atoms with Crippen molar-refractivity contribution in [1.82, 2.24) is 0 Å². The SMILES string of the molecule is CCC(CN(c1ccc(C2=C([O-])C(=C3C=CC(=[N+](CC(CC)OC(C)C)c4ccc(C)cc4C)C=C3)C2=O)cc1)c1ccc(C)cc1C)OC(C)C. The average Bonchev–Trinajstić information content (AvgIpc) is 3.09. The number of nitrogens with zero attached hydrogens (tertiary/aromatic N) is 2. The molecule has 6 heteroatoms. The summed E-state index contributed by atoms with van der Waals surface area (Å²) in [6.07, 6.45) is 9.90. The van der Waals surface area contributed by atoms with Gasteiger partial charge in [0.25, 0.3) is 0 Å². The summed E-state index contributed by atoms with van der Waals surface area (Å²) in [7, 11) is 0. The van der Waals surface area contributed by atoms with Crippen LogP contribution in [0.1, 0.15) is 82.2 Å². The molecular weight excluding hydrogens is 645 g/mol. The third-order valence-corrected chi connectivity index (χ3v) is 9.74. The fourth-order valence-electron chi connectivity index (χ4n) is 7.15. The molecule has 2 aliphatic rings. The Balaban J connectivity index is 1.45. The molecule has 0 fully saturated rings. The third kappa shape index (κ3) is 8.74. The van der Waals surface area contributed by atoms with Gasteiger partial charge in [0.1, 0.15) is 6.10 Å². The number of anilines is 2. The van der Waals surface area contributed by atoms with Crippen LogP contribution in [-0.2, 0) is 14.3 Å². The molecule has 3 aromatic rings. The molecule has 0 heterocycles. The molecule has 2 atom stereocenters. The van der Waals surface area contributed by atoms with Crippen LogP contribution in [0.3, 0.4) is 0 Å². The van der Waals surface area contributed by atoms with Crippen molar-refractivity contribution in [2.24, 2.45) is 0 Å². The maximum atomic E-state index is 13.6. The quantitative estimate of drug-likeness (QED) is 0.124. The lowest BCUT2D eigenvalue weighted by Gasteiger charge is -2.33. The van der Waals surface area contributed by atoms with E-state index in [1.165, 1.54) is 22.3 Å². The van der Waals surface area contributed by atoms with Gasteiger partial charge in [0.15, 0.2) is 12.3 Å². The molecular formula is C46H56N2O4. The van der Waals surface area contributed by atoms with Crippen molar-refractivity contribution in [2.75, 3.05) is 18.0 Å². The number of hydrogen-bond acceptors (Lipinski definition) is 5. The summed E-state index contributed by atoms with van der Waals surface area (Å²) >= 11 is 0. The van der Waals surface area contributed by atoms with Gasteiger partial charge in [-0.25, -0.2) is 0 Å². The molecule has 0 radical (unpaired) electrons. The van der Waals surface area contributed by atoms with Crippen molar-refractivity contribution in [3.05, 3.63) is 130 Å². The highest BCUT2D eigenvalue weighted by Crippen LogP contribution is 2.39. The molecule has 6 nitrogen and oxygen atoms in total. The minimum absolute atomic E-state index is 0.0440. The van der Waals surface area contributed by atoms with E-state index in [1.807, 2.05) is 48.6 Å². The normalized spacial score (nSPS) is 15.5. The number of allylic oxidation sites excluding steroid dienone is 7. The van der Waals surface area contributed by atoms with E-state index in [9.17, 15) is 9.90 Å². The Labute approximate surface area is 311 Å². The predicted octanol–water partition coefficient (Wildman–Crippen LogP) is 9.33. The van der Waals surface area contributed by atoms with Gasteiger partial charge < -0.3 is 19.5 Å². The molecule has 52 heavy (non-hydrogen) atoms. The molecule has 3 aromatic carbocycles. The van der Waals surface area contributed by atoms with Crippen LogP contribution in [0.25, 0.3) is 5.57 Å². The van der Waals surface area contributed by atoms with Crippen LogP contribution in [0.15, 0.2) is 102 Å². The van der Waals surface area contributed by atoms with E-state index in [2.05, 4.69) is 115 Å². The molecule has 274 valence electrons. The molecule has 0 aliphatic heterocycles. The Kier molecular flexibility index (Phi) is 12.6. The van der Waals surface area contributed by atoms with Crippen molar-refractivity contribution >= 4 is 34.1 Å². The lowest BCUT2D eigenvalue weighted by molar-refractivity contribution is -0.454. The lowest BCUT2D eigenvalue weighted by atomic mass is 9.80. The van der Waals surface area contributed by atoms with Crippen molar-refractivity contribution in [2.45, 2.75) is 106 Å². The first kappa shape index (κ1) is 38.7. The van der Waals surface area contributed by atoms with Crippen LogP contribution in [0.4, 0.5) is 17.1 Å². The van der Waals surface area contributed by atoms with E-state index in [-0.39, 0.29) is 47.1 Å². The summed E-state index contributed by atoms with van der Waals surface area (Å²) in [6, 6.07) is 20.8. The number of ether oxygens (including phenoxy) is 2. The Morgan fingerprint density at radius 1 is 0.712 bits per heavy atom. The number of carbonyl (C=O) groups is 1. The number of aryl methyl sites for hydroxylation is 4. The van der Waals surface area contributed by atoms with Crippen molar-refractivity contribution in [3.63, 3.8) is 0 Å². The van der Waals surface area contributed by atoms with E-state index in [1.54, 1.807) is 0 Å². The average molecular weight is 701 g/mol. The molecule has 0 spiro atoms. The Morgan fingerprint density at radius 3 is 1.83 bits per heavy atom. The zero-order valence-electron chi connectivity index (χ0n) is 32.7. The van der Waals surface area contributed by atoms with Crippen LogP contribution >= 0.6 is 0 Å². The summed E-state index contributed by atoms with van der Waals surface area (Å²) in [5, 5.41) is 13.6. The summed E-state index contributed by atoms with van der Waals surface area (Å²) < 4.78 is 14.8. The third-order valence-electron chi connectivity index (χ3n) is 9.74. The Hall–Kier alpha value is -4.52. The molecule has 0 N–H and O–H groups in total. The van der Waals surface area contributed by atoms with Gasteiger partial charge in [-0.15, -0.1) is 0 Å². The Bertz CT molecular complexity index is 1920. The van der Waals surface area contributed by atoms with Crippen molar-refractivity contribution < 1.29 is 24.0 Å². The second kappa shape index (κ2) is 16.9. The van der Waals surface area contributed by atoms with Crippen LogP contribution < -0.4 is 10.0 Å². The predicted molar refractivity (Wildman–Crippen MR) is 213 cm³/mol. The molecule has 0 amide bonds. The molecule has 0 saturated heterocycles. The highest BCUT2D eigenvalue weighted by Gasteiger charge is 2.31. The Morgan fingerprint density at radius 2 is 1.29 bits per heavy atom. The largest absolute Gasteiger partial charge is 0.871 e. The summed E-state index contributed by atoms with van der Waals surface area (Å²) in [5.41, 5.74) is 10.7. The highest BCUT2D eigenvalue weighted by atomic mass is 16.5. The zero-order valence-corrected chi connectivity index (χ0v) is 32.7. The van der Waals surface area contributed by atoms with Gasteiger partial charge in [-0.3, -0.25) is 4.79 Å². The fraction of sp³-hybridized carbons (Fsp3) is 0.391. The molecule has 0 aromatic heterocycles. The molecule has 0 saturated carbocycles. The summed E-state index contributed by atoms with van der Waals surface area (Å²) in [5.74, 6) is -0.425. The standard InChI is InChI=1S/C46H56N2O4/c1-11-39(51-29(3)4)27-47(41-23-13-31(7)25-33(41)9)37-19-15-35(16-20-37)43-45(49)44(46(43)50)36-17-21-38(22-18-36)48(28-40(12-2)52-30(5)6)42-24-14-32(8)26-34(42)10/h13-26,29-30,39-40H,11-12,27-28H2,1-10H3. The van der Waals surface area contributed by atoms with E-state index in [0.717, 1.165) is 35.6 Å². The van der Waals surface area contributed by atoms with Crippen LogP contribution in [0.5, 0.6) is 0 Å². The van der Waals surface area contributed by atoms with Gasteiger partial charge in [-0.2, -0.15) is 4.58 Å². The second-order valence-corrected chi connectivity index (χ2v) is 14.7. The number of Topliss-reactive ketones (excluding diaryl/α,β-unsaturated/α-hetero) is 1. The second-order valence-electron chi connectivity index (χ2n) is 14.7. The van der Waals surface area contributed by atoms with Gasteiger partial charge in [-0.05, 0) is 121 Å². The van der Waals surface area contributed by atoms with E-state index < -0.39 is 0 Å². The van der Waals surface area contributed by atoms with Gasteiger partial charge in [-0.1, -0.05) is 61.1 Å². The fourth-order valence-corrected chi connectivity index (χ4v) is 7.15. The number of carbonyl (C=O) groups excluding carboxylic acids is 1. The van der Waals surface area contributed by atoms with Crippen LogP contribution in [-0.4, -0.2) is 53.6 Å². The number of rotatable bonds is 14. The number of ketones is 1. The van der Waals surface area contributed by atoms with E-state index in [0.29, 0.717) is 24.2 Å². The monoisotopic (exact) mass is 700 g/mol. The maximum Gasteiger partial charge on any atom is 0.208 e. The van der Waals surface area contributed by atoms with Crippen molar-refractivity contribution in [1.29, 1.82) is 0 Å². The first-order chi connectivity index (χ1) is 24.8. The summed E-state index contributed by atoms with van der Waals surface area (Å²) in [6.45, 7) is 22.4. The van der Waals surface area contributed by atoms with E-state index in [4.69, 9.17) is 9.47 Å². The lowest BCUT2D eigenvalue weighted by Crippen LogP contribution is -2.32. The molecule has 0 bridgehead atoms. The maximum absolute atomic E-state index is 13.6. The minimum Gasteiger partial charge on any atom is -0.871 e. The van der Waals surface area contributed by atoms with Crippen LogP contribution in [0, 0.1) is 27.7 Å². The first-order valence-corrected chi connectivity index (χ1v) is 18.9. The van der Waals surface area contributed by atoms with Gasteiger partial charge in [0.05, 0.1) is 18.3 Å². The number of hydrogen-bond donors (Lipinski definition) is 0. The summed E-state index contributed by atoms with van der Waals surface area (Å²) in [4.78, 5) is 15.9. The van der Waals surface area contributed by atoms with E-state index >= 15 is 0 Å². The van der Waals surface area contributed by atoms with Gasteiger partial charge >= 0.3 is 0 Å². The highest BCUT2D eigenvalue weighted by molar-refractivity contribution is 6.39. The number of benzene rings is 3. The molecule has 5 rings (SSSR count). The zero-order chi connectivity index (χ0) is 37.7. The molecule has 2 unspecified atom stereocenters. The van der Waals surface area contributed by atoms with Crippen molar-refractivity contribution in [3.8, 4) is 0 Å². The van der Waals surface area contributed by atoms with Gasteiger partial charge in [0, 0.05) is 52.8 Å². The minimum atomic E-state index is -0.212.